The third kappa shape index (κ3) is 7.65. The minimum Gasteiger partial charge on any atom is -0.480 e. The van der Waals surface area contributed by atoms with E-state index in [-0.39, 0.29) is 25.4 Å². The van der Waals surface area contributed by atoms with Gasteiger partial charge in [-0.25, -0.2) is 4.79 Å². The topological polar surface area (TPSA) is 113 Å². The number of amides is 1. The van der Waals surface area contributed by atoms with Crippen molar-refractivity contribution >= 4 is 17.8 Å². The fraction of sp³-hybridized carbons (Fsp3) is 0.786. The van der Waals surface area contributed by atoms with Crippen molar-refractivity contribution in [1.29, 1.82) is 0 Å². The van der Waals surface area contributed by atoms with Gasteiger partial charge in [0.05, 0.1) is 13.0 Å². The van der Waals surface area contributed by atoms with Crippen LogP contribution < -0.4 is 5.32 Å². The van der Waals surface area contributed by atoms with E-state index in [4.69, 9.17) is 9.84 Å². The Kier molecular flexibility index (Phi) is 8.61. The molecule has 0 radical (unpaired) electrons. The molecule has 0 bridgehead atoms. The third-order valence-electron chi connectivity index (χ3n) is 2.92. The summed E-state index contributed by atoms with van der Waals surface area (Å²) in [4.78, 5) is 34.3. The van der Waals surface area contributed by atoms with E-state index in [9.17, 15) is 19.5 Å². The summed E-state index contributed by atoms with van der Waals surface area (Å²) in [5.74, 6) is -3.06. The number of carbonyl (C=O) groups excluding carboxylic acids is 2. The van der Waals surface area contributed by atoms with Crippen molar-refractivity contribution in [2.24, 2.45) is 11.8 Å². The molecule has 0 aliphatic heterocycles. The Balaban J connectivity index is 4.65. The van der Waals surface area contributed by atoms with Crippen LogP contribution in [0.25, 0.3) is 0 Å². The second kappa shape index (κ2) is 9.33. The number of carboxylic acid groups (broad SMARTS) is 1. The number of carbonyl (C=O) groups is 3. The average molecular weight is 303 g/mol. The normalized spacial score (nSPS) is 15.1. The highest BCUT2D eigenvalue weighted by atomic mass is 16.5. The Labute approximate surface area is 124 Å². The van der Waals surface area contributed by atoms with E-state index in [1.54, 1.807) is 6.92 Å². The van der Waals surface area contributed by atoms with Gasteiger partial charge in [-0.1, -0.05) is 20.8 Å². The first kappa shape index (κ1) is 19.4. The minimum atomic E-state index is -1.26. The molecule has 0 unspecified atom stereocenters. The zero-order chi connectivity index (χ0) is 16.6. The third-order valence-corrected chi connectivity index (χ3v) is 2.92. The molecular formula is C14H25NO6. The Morgan fingerprint density at radius 1 is 1.19 bits per heavy atom. The molecule has 0 aromatic carbocycles. The van der Waals surface area contributed by atoms with Gasteiger partial charge in [0.25, 0.3) is 0 Å². The molecule has 0 aliphatic carbocycles. The van der Waals surface area contributed by atoms with E-state index < -0.39 is 35.9 Å². The van der Waals surface area contributed by atoms with E-state index in [1.807, 2.05) is 13.8 Å². The number of aliphatic hydroxyl groups is 1. The van der Waals surface area contributed by atoms with Crippen LogP contribution in [0, 0.1) is 11.8 Å². The van der Waals surface area contributed by atoms with Crippen molar-refractivity contribution in [3.8, 4) is 0 Å². The highest BCUT2D eigenvalue weighted by Gasteiger charge is 2.30. The molecule has 122 valence electrons. The zero-order valence-electron chi connectivity index (χ0n) is 13.0. The number of esters is 1. The quantitative estimate of drug-likeness (QED) is 0.536. The molecule has 0 fully saturated rings. The average Bonchev–Trinajstić information content (AvgIpc) is 2.34. The molecular weight excluding hydrogens is 278 g/mol. The number of nitrogens with one attached hydrogen (secondary N) is 1. The lowest BCUT2D eigenvalue weighted by molar-refractivity contribution is -0.148. The Hall–Kier alpha value is -1.63. The molecule has 0 spiro atoms. The standard InChI is InChI=1S/C14H25NO6/c1-5-21-11(17)7-9(4)12(14(19)20)15-13(18)10(16)6-8(2)3/h8-10,12,16H,5-7H2,1-4H3,(H,15,18)(H,19,20)/t9-,10+,12+/m0/s1. The molecule has 1 amide bonds. The lowest BCUT2D eigenvalue weighted by Crippen LogP contribution is -2.49. The molecule has 0 saturated heterocycles. The molecule has 7 heteroatoms. The number of ether oxygens (including phenoxy) is 1. The van der Waals surface area contributed by atoms with Crippen LogP contribution in [0.15, 0.2) is 0 Å². The van der Waals surface area contributed by atoms with Crippen molar-refractivity contribution in [2.75, 3.05) is 6.61 Å². The number of rotatable bonds is 9. The van der Waals surface area contributed by atoms with Gasteiger partial charge < -0.3 is 20.3 Å². The maximum atomic E-state index is 11.8. The smallest absolute Gasteiger partial charge is 0.326 e. The van der Waals surface area contributed by atoms with Crippen LogP contribution in [0.4, 0.5) is 0 Å². The summed E-state index contributed by atoms with van der Waals surface area (Å²) in [6.07, 6.45) is -1.14. The van der Waals surface area contributed by atoms with E-state index in [1.165, 1.54) is 6.92 Å². The van der Waals surface area contributed by atoms with Gasteiger partial charge in [-0.05, 0) is 25.2 Å². The van der Waals surface area contributed by atoms with Crippen LogP contribution in [0.1, 0.15) is 40.5 Å². The Morgan fingerprint density at radius 3 is 2.19 bits per heavy atom. The van der Waals surface area contributed by atoms with Gasteiger partial charge in [-0.3, -0.25) is 9.59 Å². The van der Waals surface area contributed by atoms with E-state index in [2.05, 4.69) is 5.32 Å². The summed E-state index contributed by atoms with van der Waals surface area (Å²) in [6, 6.07) is -1.25. The number of hydrogen-bond donors (Lipinski definition) is 3. The van der Waals surface area contributed by atoms with E-state index in [0.717, 1.165) is 0 Å². The van der Waals surface area contributed by atoms with Crippen molar-refractivity contribution in [2.45, 2.75) is 52.7 Å². The summed E-state index contributed by atoms with van der Waals surface area (Å²) in [7, 11) is 0. The number of aliphatic hydroxyl groups excluding tert-OH is 1. The second-order valence-electron chi connectivity index (χ2n) is 5.46. The monoisotopic (exact) mass is 303 g/mol. The van der Waals surface area contributed by atoms with Crippen LogP contribution in [-0.4, -0.2) is 46.8 Å². The van der Waals surface area contributed by atoms with E-state index in [0.29, 0.717) is 0 Å². The van der Waals surface area contributed by atoms with Gasteiger partial charge in [0.15, 0.2) is 0 Å². The first-order chi connectivity index (χ1) is 9.68. The van der Waals surface area contributed by atoms with Gasteiger partial charge >= 0.3 is 11.9 Å². The summed E-state index contributed by atoms with van der Waals surface area (Å²) in [5.41, 5.74) is 0. The van der Waals surface area contributed by atoms with Crippen LogP contribution >= 0.6 is 0 Å². The molecule has 0 saturated carbocycles. The minimum absolute atomic E-state index is 0.103. The van der Waals surface area contributed by atoms with Crippen LogP contribution in [-0.2, 0) is 19.1 Å². The highest BCUT2D eigenvalue weighted by Crippen LogP contribution is 2.12. The van der Waals surface area contributed by atoms with Crippen molar-refractivity contribution in [1.82, 2.24) is 5.32 Å². The predicted octanol–water partition coefficient (Wildman–Crippen LogP) is 0.552. The maximum absolute atomic E-state index is 11.8. The molecule has 0 heterocycles. The first-order valence-corrected chi connectivity index (χ1v) is 7.05. The predicted molar refractivity (Wildman–Crippen MR) is 75.4 cm³/mol. The number of aliphatic carboxylic acids is 1. The van der Waals surface area contributed by atoms with Gasteiger partial charge in [0, 0.05) is 0 Å². The van der Waals surface area contributed by atoms with Crippen LogP contribution in [0.3, 0.4) is 0 Å². The SMILES string of the molecule is CCOC(=O)C[C@H](C)[C@@H](NC(=O)[C@H](O)CC(C)C)C(=O)O. The first-order valence-electron chi connectivity index (χ1n) is 7.05. The number of carboxylic acids is 1. The Morgan fingerprint density at radius 2 is 1.76 bits per heavy atom. The molecule has 3 atom stereocenters. The molecule has 0 aliphatic rings. The molecule has 0 rings (SSSR count). The molecule has 0 aromatic rings. The summed E-state index contributed by atoms with van der Waals surface area (Å²) in [6.45, 7) is 7.08. The fourth-order valence-electron chi connectivity index (χ4n) is 1.85. The Bertz CT molecular complexity index is 368. The largest absolute Gasteiger partial charge is 0.480 e. The van der Waals surface area contributed by atoms with Gasteiger partial charge in [0.2, 0.25) is 5.91 Å². The van der Waals surface area contributed by atoms with Gasteiger partial charge in [-0.15, -0.1) is 0 Å². The van der Waals surface area contributed by atoms with Crippen molar-refractivity contribution in [3.05, 3.63) is 0 Å². The summed E-state index contributed by atoms with van der Waals surface area (Å²) in [5, 5.41) is 21.1. The van der Waals surface area contributed by atoms with Gasteiger partial charge in [-0.2, -0.15) is 0 Å². The molecule has 3 N–H and O–H groups in total. The maximum Gasteiger partial charge on any atom is 0.326 e. The van der Waals surface area contributed by atoms with Crippen molar-refractivity contribution < 1.29 is 29.3 Å². The lowest BCUT2D eigenvalue weighted by atomic mass is 9.97. The molecule has 7 nitrogen and oxygen atoms in total. The lowest BCUT2D eigenvalue weighted by Gasteiger charge is -2.22. The van der Waals surface area contributed by atoms with Gasteiger partial charge in [0.1, 0.15) is 12.1 Å². The summed E-state index contributed by atoms with van der Waals surface area (Å²) >= 11 is 0. The molecule has 0 aromatic heterocycles. The number of hydrogen-bond acceptors (Lipinski definition) is 5. The van der Waals surface area contributed by atoms with Crippen LogP contribution in [0.2, 0.25) is 0 Å². The fourth-order valence-corrected chi connectivity index (χ4v) is 1.85. The summed E-state index contributed by atoms with van der Waals surface area (Å²) < 4.78 is 4.75. The zero-order valence-corrected chi connectivity index (χ0v) is 13.0. The second-order valence-corrected chi connectivity index (χ2v) is 5.46. The van der Waals surface area contributed by atoms with Crippen molar-refractivity contribution in [3.63, 3.8) is 0 Å². The van der Waals surface area contributed by atoms with Crippen LogP contribution in [0.5, 0.6) is 0 Å². The van der Waals surface area contributed by atoms with E-state index >= 15 is 0 Å². The molecule has 21 heavy (non-hydrogen) atoms. The highest BCUT2D eigenvalue weighted by molar-refractivity contribution is 5.86.